The molecule has 0 unspecified atom stereocenters. The maximum absolute atomic E-state index is 12.4. The van der Waals surface area contributed by atoms with Crippen molar-refractivity contribution >= 4 is 22.4 Å². The molecule has 0 radical (unpaired) electrons. The quantitative estimate of drug-likeness (QED) is 0.529. The summed E-state index contributed by atoms with van der Waals surface area (Å²) < 4.78 is 5.82. The van der Waals surface area contributed by atoms with Crippen molar-refractivity contribution in [3.63, 3.8) is 0 Å². The Hall–Kier alpha value is -2.66. The van der Waals surface area contributed by atoms with Crippen LogP contribution >= 0.6 is 11.3 Å². The second kappa shape index (κ2) is 8.78. The van der Waals surface area contributed by atoms with Gasteiger partial charge in [0.1, 0.15) is 5.75 Å². The molecule has 152 valence electrons. The van der Waals surface area contributed by atoms with Gasteiger partial charge in [0.05, 0.1) is 5.69 Å². The average molecular weight is 409 g/mol. The number of carbonyl (C=O) groups is 1. The first kappa shape index (κ1) is 21.1. The van der Waals surface area contributed by atoms with Crippen LogP contribution in [0.2, 0.25) is 0 Å². The third kappa shape index (κ3) is 5.04. The van der Waals surface area contributed by atoms with Crippen LogP contribution in [0.25, 0.3) is 11.3 Å². The predicted molar refractivity (Wildman–Crippen MR) is 121 cm³/mol. The number of benzene rings is 2. The van der Waals surface area contributed by atoms with E-state index in [1.54, 1.807) is 0 Å². The van der Waals surface area contributed by atoms with E-state index in [9.17, 15) is 4.79 Å². The van der Waals surface area contributed by atoms with Gasteiger partial charge in [0.2, 0.25) is 0 Å². The smallest absolute Gasteiger partial charge is 0.264 e. The molecule has 0 saturated heterocycles. The zero-order chi connectivity index (χ0) is 21.1. The number of nitrogens with one attached hydrogen (secondary N) is 1. The van der Waals surface area contributed by atoms with Gasteiger partial charge in [-0.1, -0.05) is 32.0 Å². The second-order valence-electron chi connectivity index (χ2n) is 7.82. The van der Waals surface area contributed by atoms with E-state index in [1.807, 2.05) is 18.4 Å². The van der Waals surface area contributed by atoms with Crippen molar-refractivity contribution in [2.75, 3.05) is 11.9 Å². The van der Waals surface area contributed by atoms with Crippen LogP contribution in [0.3, 0.4) is 0 Å². The molecule has 1 amide bonds. The van der Waals surface area contributed by atoms with Gasteiger partial charge in [-0.3, -0.25) is 10.1 Å². The van der Waals surface area contributed by atoms with E-state index in [1.165, 1.54) is 28.0 Å². The van der Waals surface area contributed by atoms with Crippen molar-refractivity contribution in [3.05, 3.63) is 63.5 Å². The largest absolute Gasteiger partial charge is 0.483 e. The summed E-state index contributed by atoms with van der Waals surface area (Å²) in [6, 6.07) is 10.4. The number of nitrogens with zero attached hydrogens (tertiary/aromatic N) is 1. The zero-order valence-electron chi connectivity index (χ0n) is 17.9. The van der Waals surface area contributed by atoms with E-state index in [4.69, 9.17) is 4.74 Å². The Morgan fingerprint density at radius 2 is 1.79 bits per heavy atom. The Bertz CT molecular complexity index is 1040. The Morgan fingerprint density at radius 3 is 2.52 bits per heavy atom. The van der Waals surface area contributed by atoms with Gasteiger partial charge >= 0.3 is 0 Å². The lowest BCUT2D eigenvalue weighted by atomic mass is 9.99. The lowest BCUT2D eigenvalue weighted by Gasteiger charge is -2.14. The molecule has 0 aliphatic carbocycles. The number of ether oxygens (including phenoxy) is 1. The number of aromatic nitrogens is 1. The number of thiazole rings is 1. The first-order valence-corrected chi connectivity index (χ1v) is 10.7. The fraction of sp³-hybridized carbons (Fsp3) is 0.333. The van der Waals surface area contributed by atoms with E-state index in [0.29, 0.717) is 11.0 Å². The molecule has 5 heteroatoms. The van der Waals surface area contributed by atoms with Crippen LogP contribution in [0.1, 0.15) is 47.6 Å². The Morgan fingerprint density at radius 1 is 1.07 bits per heavy atom. The molecule has 3 aromatic rings. The van der Waals surface area contributed by atoms with Crippen LogP contribution in [0, 0.1) is 27.7 Å². The highest BCUT2D eigenvalue weighted by atomic mass is 32.1. The lowest BCUT2D eigenvalue weighted by Crippen LogP contribution is -2.20. The van der Waals surface area contributed by atoms with Gasteiger partial charge in [-0.15, -0.1) is 11.3 Å². The molecule has 2 aromatic carbocycles. The minimum Gasteiger partial charge on any atom is -0.483 e. The summed E-state index contributed by atoms with van der Waals surface area (Å²) in [5.74, 6) is 0.885. The molecule has 0 atom stereocenters. The molecule has 0 aliphatic rings. The summed E-state index contributed by atoms with van der Waals surface area (Å²) in [7, 11) is 0. The lowest BCUT2D eigenvalue weighted by molar-refractivity contribution is -0.118. The van der Waals surface area contributed by atoms with Crippen LogP contribution in [0.15, 0.2) is 35.7 Å². The molecular formula is C24H28N2O2S. The van der Waals surface area contributed by atoms with Gasteiger partial charge < -0.3 is 4.74 Å². The number of hydrogen-bond donors (Lipinski definition) is 1. The highest BCUT2D eigenvalue weighted by Gasteiger charge is 2.13. The van der Waals surface area contributed by atoms with Crippen molar-refractivity contribution in [2.24, 2.45) is 0 Å². The van der Waals surface area contributed by atoms with Gasteiger partial charge in [-0.05, 0) is 73.6 Å². The minimum atomic E-state index is -0.209. The number of carbonyl (C=O) groups excluding carboxylic acids is 1. The highest BCUT2D eigenvalue weighted by molar-refractivity contribution is 7.14. The Kier molecular flexibility index (Phi) is 6.38. The topological polar surface area (TPSA) is 51.2 Å². The molecule has 0 fully saturated rings. The fourth-order valence-corrected chi connectivity index (χ4v) is 3.96. The van der Waals surface area contributed by atoms with Gasteiger partial charge in [-0.2, -0.15) is 0 Å². The SMILES string of the molecule is Cc1ccc(C(C)C)c(OCC(=O)Nc2nc(-c3cc(C)c(C)cc3C)cs2)c1. The molecule has 1 aromatic heterocycles. The van der Waals surface area contributed by atoms with E-state index in [-0.39, 0.29) is 12.5 Å². The van der Waals surface area contributed by atoms with Crippen LogP contribution < -0.4 is 10.1 Å². The fourth-order valence-electron chi connectivity index (χ4n) is 3.23. The van der Waals surface area contributed by atoms with E-state index in [0.717, 1.165) is 28.1 Å². The molecule has 0 bridgehead atoms. The van der Waals surface area contributed by atoms with Gasteiger partial charge in [-0.25, -0.2) is 4.98 Å². The zero-order valence-corrected chi connectivity index (χ0v) is 18.7. The van der Waals surface area contributed by atoms with Gasteiger partial charge in [0.15, 0.2) is 11.7 Å². The molecule has 1 N–H and O–H groups in total. The van der Waals surface area contributed by atoms with Crippen molar-refractivity contribution in [2.45, 2.75) is 47.5 Å². The Balaban J connectivity index is 1.67. The van der Waals surface area contributed by atoms with Crippen LogP contribution in [-0.4, -0.2) is 17.5 Å². The first-order chi connectivity index (χ1) is 13.7. The molecule has 3 rings (SSSR count). The summed E-state index contributed by atoms with van der Waals surface area (Å²) in [6.07, 6.45) is 0. The summed E-state index contributed by atoms with van der Waals surface area (Å²) in [5, 5.41) is 5.41. The number of rotatable bonds is 6. The van der Waals surface area contributed by atoms with Gasteiger partial charge in [0, 0.05) is 10.9 Å². The third-order valence-electron chi connectivity index (χ3n) is 5.02. The molecule has 1 heterocycles. The molecule has 0 spiro atoms. The Labute approximate surface area is 177 Å². The van der Waals surface area contributed by atoms with Crippen LogP contribution in [0.4, 0.5) is 5.13 Å². The normalized spacial score (nSPS) is 11.0. The van der Waals surface area contributed by atoms with Crippen molar-refractivity contribution in [1.82, 2.24) is 4.98 Å². The number of amides is 1. The van der Waals surface area contributed by atoms with E-state index in [2.05, 4.69) is 69.2 Å². The molecule has 0 saturated carbocycles. The number of hydrogen-bond acceptors (Lipinski definition) is 4. The van der Waals surface area contributed by atoms with Crippen molar-refractivity contribution in [3.8, 4) is 17.0 Å². The van der Waals surface area contributed by atoms with Gasteiger partial charge in [0.25, 0.3) is 5.91 Å². The molecular weight excluding hydrogens is 380 g/mol. The second-order valence-corrected chi connectivity index (χ2v) is 8.68. The third-order valence-corrected chi connectivity index (χ3v) is 5.77. The number of anilines is 1. The maximum atomic E-state index is 12.4. The number of aryl methyl sites for hydroxylation is 4. The van der Waals surface area contributed by atoms with Crippen molar-refractivity contribution < 1.29 is 9.53 Å². The maximum Gasteiger partial charge on any atom is 0.264 e. The molecule has 29 heavy (non-hydrogen) atoms. The minimum absolute atomic E-state index is 0.0409. The van der Waals surface area contributed by atoms with Crippen molar-refractivity contribution in [1.29, 1.82) is 0 Å². The average Bonchev–Trinajstić information content (AvgIpc) is 3.11. The summed E-state index contributed by atoms with van der Waals surface area (Å²) in [4.78, 5) is 17.0. The summed E-state index contributed by atoms with van der Waals surface area (Å²) >= 11 is 1.43. The standard InChI is InChI=1S/C24H28N2O2S/c1-14(2)19-8-7-15(3)9-22(19)28-12-23(27)26-24-25-21(13-29-24)20-11-17(5)16(4)10-18(20)6/h7-11,13-14H,12H2,1-6H3,(H,25,26,27). The monoisotopic (exact) mass is 408 g/mol. The van der Waals surface area contributed by atoms with Crippen LogP contribution in [-0.2, 0) is 4.79 Å². The van der Waals surface area contributed by atoms with E-state index < -0.39 is 0 Å². The van der Waals surface area contributed by atoms with E-state index >= 15 is 0 Å². The van der Waals surface area contributed by atoms with Crippen LogP contribution in [0.5, 0.6) is 5.75 Å². The summed E-state index contributed by atoms with van der Waals surface area (Å²) in [6.45, 7) is 12.5. The predicted octanol–water partition coefficient (Wildman–Crippen LogP) is 6.18. The molecule has 0 aliphatic heterocycles. The molecule has 4 nitrogen and oxygen atoms in total. The highest BCUT2D eigenvalue weighted by Crippen LogP contribution is 2.30. The summed E-state index contributed by atoms with van der Waals surface area (Å²) in [5.41, 5.74) is 7.87. The first-order valence-electron chi connectivity index (χ1n) is 9.81.